The summed E-state index contributed by atoms with van der Waals surface area (Å²) in [6.07, 6.45) is 6.54. The van der Waals surface area contributed by atoms with Crippen LogP contribution in [0.15, 0.2) is 30.3 Å². The third-order valence-corrected chi connectivity index (χ3v) is 2.84. The molecule has 0 aliphatic carbocycles. The van der Waals surface area contributed by atoms with Crippen molar-refractivity contribution in [1.82, 2.24) is 5.32 Å². The highest BCUT2D eigenvalue weighted by atomic mass is 16.5. The van der Waals surface area contributed by atoms with Crippen LogP contribution in [0.4, 0.5) is 0 Å². The zero-order valence-corrected chi connectivity index (χ0v) is 11.8. The van der Waals surface area contributed by atoms with Gasteiger partial charge in [0.05, 0.1) is 0 Å². The second-order valence-electron chi connectivity index (χ2n) is 4.53. The Morgan fingerprint density at radius 1 is 1.33 bits per heavy atom. The van der Waals surface area contributed by atoms with Gasteiger partial charge in [-0.15, -0.1) is 0 Å². The molecule has 1 unspecified atom stereocenters. The second kappa shape index (κ2) is 8.76. The summed E-state index contributed by atoms with van der Waals surface area (Å²) < 4.78 is 5.80. The molecule has 0 aliphatic heterocycles. The van der Waals surface area contributed by atoms with E-state index in [1.807, 2.05) is 31.2 Å². The maximum atomic E-state index is 5.80. The maximum Gasteiger partial charge on any atom is 0.126 e. The highest BCUT2D eigenvalue weighted by Gasteiger charge is 2.01. The number of benzene rings is 1. The molecule has 0 spiro atoms. The summed E-state index contributed by atoms with van der Waals surface area (Å²) in [4.78, 5) is 0. The number of allylic oxidation sites excluding steroid dienone is 1. The van der Waals surface area contributed by atoms with E-state index in [-0.39, 0.29) is 0 Å². The molecule has 1 atom stereocenters. The average Bonchev–Trinajstić information content (AvgIpc) is 2.37. The predicted octanol–water partition coefficient (Wildman–Crippen LogP) is 3.88. The highest BCUT2D eigenvalue weighted by molar-refractivity contribution is 5.56. The topological polar surface area (TPSA) is 21.3 Å². The van der Waals surface area contributed by atoms with Gasteiger partial charge in [-0.05, 0) is 26.3 Å². The molecule has 1 N–H and O–H groups in total. The fourth-order valence-electron chi connectivity index (χ4n) is 1.93. The first kappa shape index (κ1) is 14.8. The Morgan fingerprint density at radius 2 is 2.11 bits per heavy atom. The van der Waals surface area contributed by atoms with Crippen molar-refractivity contribution in [3.05, 3.63) is 35.9 Å². The molecule has 0 bridgehead atoms. The molecule has 1 aromatic rings. The molecule has 1 rings (SSSR count). The van der Waals surface area contributed by atoms with Gasteiger partial charge in [-0.3, -0.25) is 0 Å². The first-order valence-electron chi connectivity index (χ1n) is 6.85. The Balaban J connectivity index is 2.35. The van der Waals surface area contributed by atoms with E-state index < -0.39 is 0 Å². The van der Waals surface area contributed by atoms with Crippen LogP contribution in [0.25, 0.3) is 6.08 Å². The average molecular weight is 247 g/mol. The minimum Gasteiger partial charge on any atom is -0.492 e. The van der Waals surface area contributed by atoms with E-state index in [9.17, 15) is 0 Å². The van der Waals surface area contributed by atoms with Crippen LogP contribution in [0, 0.1) is 0 Å². The van der Waals surface area contributed by atoms with Gasteiger partial charge in [0.25, 0.3) is 0 Å². The van der Waals surface area contributed by atoms with Crippen molar-refractivity contribution in [3.8, 4) is 5.75 Å². The molecule has 0 heterocycles. The molecular weight excluding hydrogens is 222 g/mol. The highest BCUT2D eigenvalue weighted by Crippen LogP contribution is 2.19. The van der Waals surface area contributed by atoms with Crippen molar-refractivity contribution < 1.29 is 4.74 Å². The van der Waals surface area contributed by atoms with Crippen molar-refractivity contribution in [3.63, 3.8) is 0 Å². The van der Waals surface area contributed by atoms with Gasteiger partial charge < -0.3 is 10.1 Å². The Labute approximate surface area is 111 Å². The van der Waals surface area contributed by atoms with E-state index in [0.717, 1.165) is 17.9 Å². The number of nitrogens with one attached hydrogen (secondary N) is 1. The maximum absolute atomic E-state index is 5.80. The van der Waals surface area contributed by atoms with Crippen LogP contribution in [0.1, 0.15) is 39.2 Å². The molecule has 0 amide bonds. The number of hydrogen-bond acceptors (Lipinski definition) is 2. The number of ether oxygens (including phenoxy) is 1. The first-order valence-corrected chi connectivity index (χ1v) is 6.85. The van der Waals surface area contributed by atoms with Crippen LogP contribution in [0.3, 0.4) is 0 Å². The minimum absolute atomic E-state index is 0.574. The number of para-hydroxylation sites is 1. The van der Waals surface area contributed by atoms with Crippen LogP contribution in [-0.2, 0) is 0 Å². The molecule has 0 aromatic heterocycles. The van der Waals surface area contributed by atoms with Gasteiger partial charge in [-0.1, -0.05) is 43.7 Å². The van der Waals surface area contributed by atoms with E-state index in [1.54, 1.807) is 0 Å². The van der Waals surface area contributed by atoms with Gasteiger partial charge in [0, 0.05) is 18.2 Å². The Hall–Kier alpha value is -1.28. The zero-order chi connectivity index (χ0) is 13.2. The van der Waals surface area contributed by atoms with Crippen LogP contribution in [-0.4, -0.2) is 19.2 Å². The van der Waals surface area contributed by atoms with Gasteiger partial charge in [-0.2, -0.15) is 0 Å². The molecule has 0 saturated carbocycles. The normalized spacial score (nSPS) is 12.8. The van der Waals surface area contributed by atoms with Crippen molar-refractivity contribution >= 4 is 6.08 Å². The fourth-order valence-corrected chi connectivity index (χ4v) is 1.93. The molecule has 100 valence electrons. The summed E-state index contributed by atoms with van der Waals surface area (Å²) in [7, 11) is 0. The third kappa shape index (κ3) is 5.37. The lowest BCUT2D eigenvalue weighted by atomic mass is 10.2. The van der Waals surface area contributed by atoms with Gasteiger partial charge >= 0.3 is 0 Å². The minimum atomic E-state index is 0.574. The fraction of sp³-hybridized carbons (Fsp3) is 0.500. The molecule has 0 aliphatic rings. The lowest BCUT2D eigenvalue weighted by molar-refractivity contribution is 0.304. The Bertz CT molecular complexity index is 360. The van der Waals surface area contributed by atoms with Gasteiger partial charge in [0.15, 0.2) is 0 Å². The summed E-state index contributed by atoms with van der Waals surface area (Å²) in [5, 5.41) is 3.46. The molecule has 0 saturated heterocycles. The van der Waals surface area contributed by atoms with Crippen molar-refractivity contribution in [2.75, 3.05) is 13.2 Å². The van der Waals surface area contributed by atoms with E-state index >= 15 is 0 Å². The second-order valence-corrected chi connectivity index (χ2v) is 4.53. The molecule has 2 heteroatoms. The van der Waals surface area contributed by atoms with Crippen LogP contribution in [0.5, 0.6) is 5.75 Å². The lowest BCUT2D eigenvalue weighted by Gasteiger charge is -2.14. The van der Waals surface area contributed by atoms with Crippen LogP contribution >= 0.6 is 0 Å². The zero-order valence-electron chi connectivity index (χ0n) is 11.8. The number of rotatable bonds is 8. The SMILES string of the molecule is CC=Cc1ccccc1OCCNC(C)CCC. The monoisotopic (exact) mass is 247 g/mol. The Morgan fingerprint density at radius 3 is 2.83 bits per heavy atom. The van der Waals surface area contributed by atoms with Crippen molar-refractivity contribution in [1.29, 1.82) is 0 Å². The van der Waals surface area contributed by atoms with Gasteiger partial charge in [0.1, 0.15) is 12.4 Å². The van der Waals surface area contributed by atoms with E-state index in [4.69, 9.17) is 4.74 Å². The quantitative estimate of drug-likeness (QED) is 0.704. The summed E-state index contributed by atoms with van der Waals surface area (Å²) in [5.41, 5.74) is 1.14. The van der Waals surface area contributed by atoms with E-state index in [2.05, 4.69) is 31.3 Å². The smallest absolute Gasteiger partial charge is 0.126 e. The Kier molecular flexibility index (Phi) is 7.19. The van der Waals surface area contributed by atoms with Crippen LogP contribution in [0.2, 0.25) is 0 Å². The summed E-state index contributed by atoms with van der Waals surface area (Å²) in [5.74, 6) is 0.959. The predicted molar refractivity (Wildman–Crippen MR) is 79.0 cm³/mol. The lowest BCUT2D eigenvalue weighted by Crippen LogP contribution is -2.30. The molecule has 0 fully saturated rings. The van der Waals surface area contributed by atoms with Crippen molar-refractivity contribution in [2.45, 2.75) is 39.7 Å². The standard InChI is InChI=1S/C16H25NO/c1-4-8-14(3)17-12-13-18-16-11-7-6-10-15(16)9-5-2/h5-7,9-11,14,17H,4,8,12-13H2,1-3H3. The van der Waals surface area contributed by atoms with Crippen LogP contribution < -0.4 is 10.1 Å². The first-order chi connectivity index (χ1) is 8.77. The summed E-state index contributed by atoms with van der Waals surface area (Å²) >= 11 is 0. The van der Waals surface area contributed by atoms with Gasteiger partial charge in [-0.25, -0.2) is 0 Å². The van der Waals surface area contributed by atoms with Crippen molar-refractivity contribution in [2.24, 2.45) is 0 Å². The molecule has 2 nitrogen and oxygen atoms in total. The van der Waals surface area contributed by atoms with E-state index in [0.29, 0.717) is 12.6 Å². The largest absolute Gasteiger partial charge is 0.492 e. The molecule has 18 heavy (non-hydrogen) atoms. The molecular formula is C16H25NO. The van der Waals surface area contributed by atoms with Gasteiger partial charge in [0.2, 0.25) is 0 Å². The molecule has 0 radical (unpaired) electrons. The van der Waals surface area contributed by atoms with E-state index in [1.165, 1.54) is 12.8 Å². The summed E-state index contributed by atoms with van der Waals surface area (Å²) in [6.45, 7) is 8.05. The molecule has 1 aromatic carbocycles. The third-order valence-electron chi connectivity index (χ3n) is 2.84. The number of hydrogen-bond donors (Lipinski definition) is 1. The summed E-state index contributed by atoms with van der Waals surface area (Å²) in [6, 6.07) is 8.70.